The normalized spacial score (nSPS) is 12.0. The van der Waals surface area contributed by atoms with Crippen molar-refractivity contribution in [1.29, 1.82) is 0 Å². The molecule has 0 saturated heterocycles. The molecule has 4 nitrogen and oxygen atoms in total. The molecule has 0 aliphatic rings. The molecule has 1 N–H and O–H groups in total. The zero-order chi connectivity index (χ0) is 17.9. The van der Waals surface area contributed by atoms with E-state index >= 15 is 0 Å². The predicted octanol–water partition coefficient (Wildman–Crippen LogP) is 5.73. The average molecular weight is 343 g/mol. The van der Waals surface area contributed by atoms with Gasteiger partial charge in [-0.15, -0.1) is 0 Å². The second kappa shape index (κ2) is 18.3. The molecule has 0 rings (SSSR count). The first-order valence-corrected chi connectivity index (χ1v) is 9.97. The fourth-order valence-corrected chi connectivity index (χ4v) is 3.17. The second-order valence-corrected chi connectivity index (χ2v) is 6.85. The van der Waals surface area contributed by atoms with Crippen molar-refractivity contribution < 1.29 is 19.4 Å². The fraction of sp³-hybridized carbons (Fsp3) is 0.900. The van der Waals surface area contributed by atoms with Crippen molar-refractivity contribution >= 4 is 12.4 Å². The van der Waals surface area contributed by atoms with Crippen LogP contribution in [0.3, 0.4) is 0 Å². The van der Waals surface area contributed by atoms with Gasteiger partial charge in [0.1, 0.15) is 0 Å². The molecule has 0 aliphatic heterocycles. The summed E-state index contributed by atoms with van der Waals surface area (Å²) in [5, 5.41) is 8.56. The number of hydrogen-bond donors (Lipinski definition) is 1. The standard InChI is InChI=1S/C20H38O4/c1-2-19(15-11-9-13-17-24-18-21)14-10-7-5-3-4-6-8-12-16-20(22)23/h18-19H,2-17H2,1H3,(H,22,23). The maximum absolute atomic E-state index is 10.4. The molecule has 0 aromatic rings. The van der Waals surface area contributed by atoms with Crippen LogP contribution in [0.25, 0.3) is 0 Å². The van der Waals surface area contributed by atoms with E-state index in [0.29, 0.717) is 19.5 Å². The van der Waals surface area contributed by atoms with Crippen molar-refractivity contribution in [1.82, 2.24) is 0 Å². The molecule has 0 bridgehead atoms. The summed E-state index contributed by atoms with van der Waals surface area (Å²) in [6.07, 6.45) is 17.2. The molecule has 4 heteroatoms. The lowest BCUT2D eigenvalue weighted by Gasteiger charge is -2.14. The van der Waals surface area contributed by atoms with Gasteiger partial charge in [0.2, 0.25) is 0 Å². The topological polar surface area (TPSA) is 63.6 Å². The van der Waals surface area contributed by atoms with Gasteiger partial charge in [0.25, 0.3) is 6.47 Å². The molecule has 0 aromatic heterocycles. The first kappa shape index (κ1) is 22.9. The van der Waals surface area contributed by atoms with Crippen LogP contribution in [-0.4, -0.2) is 24.2 Å². The van der Waals surface area contributed by atoms with Crippen molar-refractivity contribution in [2.75, 3.05) is 6.61 Å². The van der Waals surface area contributed by atoms with Gasteiger partial charge < -0.3 is 9.84 Å². The SMILES string of the molecule is CCC(CCCCCCCCCCC(=O)O)CCCCCOC=O. The minimum Gasteiger partial charge on any atom is -0.481 e. The van der Waals surface area contributed by atoms with Crippen LogP contribution in [0, 0.1) is 5.92 Å². The van der Waals surface area contributed by atoms with Crippen LogP contribution in [0.15, 0.2) is 0 Å². The van der Waals surface area contributed by atoms with Gasteiger partial charge in [-0.2, -0.15) is 0 Å². The Labute approximate surface area is 148 Å². The number of carbonyl (C=O) groups is 2. The molecule has 0 heterocycles. The summed E-state index contributed by atoms with van der Waals surface area (Å²) in [6, 6.07) is 0. The predicted molar refractivity (Wildman–Crippen MR) is 98.1 cm³/mol. The second-order valence-electron chi connectivity index (χ2n) is 6.85. The maximum Gasteiger partial charge on any atom is 0.303 e. The highest BCUT2D eigenvalue weighted by molar-refractivity contribution is 5.66. The molecule has 0 aliphatic carbocycles. The molecule has 0 fully saturated rings. The van der Waals surface area contributed by atoms with Crippen LogP contribution in [0.1, 0.15) is 103 Å². The van der Waals surface area contributed by atoms with Gasteiger partial charge in [0.05, 0.1) is 6.61 Å². The number of carboxylic acid groups (broad SMARTS) is 1. The molecule has 0 aromatic carbocycles. The Morgan fingerprint density at radius 2 is 1.38 bits per heavy atom. The zero-order valence-electron chi connectivity index (χ0n) is 15.6. The number of carbonyl (C=O) groups excluding carboxylic acids is 1. The summed E-state index contributed by atoms with van der Waals surface area (Å²) in [4.78, 5) is 20.4. The monoisotopic (exact) mass is 342 g/mol. The van der Waals surface area contributed by atoms with Gasteiger partial charge in [-0.1, -0.05) is 84.0 Å². The molecule has 0 amide bonds. The third-order valence-corrected chi connectivity index (χ3v) is 4.77. The van der Waals surface area contributed by atoms with E-state index in [1.807, 2.05) is 0 Å². The van der Waals surface area contributed by atoms with E-state index in [2.05, 4.69) is 6.92 Å². The van der Waals surface area contributed by atoms with Gasteiger partial charge >= 0.3 is 5.97 Å². The van der Waals surface area contributed by atoms with Crippen LogP contribution < -0.4 is 0 Å². The van der Waals surface area contributed by atoms with Gasteiger partial charge in [0.15, 0.2) is 0 Å². The molecular weight excluding hydrogens is 304 g/mol. The zero-order valence-corrected chi connectivity index (χ0v) is 15.6. The van der Waals surface area contributed by atoms with Crippen molar-refractivity contribution in [2.24, 2.45) is 5.92 Å². The Kier molecular flexibility index (Phi) is 17.5. The first-order valence-electron chi connectivity index (χ1n) is 9.97. The van der Waals surface area contributed by atoms with Crippen LogP contribution in [-0.2, 0) is 14.3 Å². The van der Waals surface area contributed by atoms with E-state index in [1.54, 1.807) is 0 Å². The number of rotatable bonds is 19. The molecule has 1 unspecified atom stereocenters. The Hall–Kier alpha value is -1.06. The van der Waals surface area contributed by atoms with Gasteiger partial charge in [0, 0.05) is 6.42 Å². The van der Waals surface area contributed by atoms with Gasteiger partial charge in [-0.05, 0) is 18.8 Å². The highest BCUT2D eigenvalue weighted by Crippen LogP contribution is 2.21. The molecule has 24 heavy (non-hydrogen) atoms. The minimum absolute atomic E-state index is 0.322. The summed E-state index contributed by atoms with van der Waals surface area (Å²) in [7, 11) is 0. The van der Waals surface area contributed by atoms with E-state index in [-0.39, 0.29) is 0 Å². The van der Waals surface area contributed by atoms with E-state index < -0.39 is 5.97 Å². The highest BCUT2D eigenvalue weighted by Gasteiger charge is 2.06. The Morgan fingerprint density at radius 1 is 0.875 bits per heavy atom. The lowest BCUT2D eigenvalue weighted by atomic mass is 9.92. The smallest absolute Gasteiger partial charge is 0.303 e. The van der Waals surface area contributed by atoms with Crippen molar-refractivity contribution in [3.05, 3.63) is 0 Å². The third kappa shape index (κ3) is 17.3. The van der Waals surface area contributed by atoms with Crippen molar-refractivity contribution in [3.63, 3.8) is 0 Å². The molecule has 0 saturated carbocycles. The van der Waals surface area contributed by atoms with E-state index in [1.165, 1.54) is 64.2 Å². The lowest BCUT2D eigenvalue weighted by molar-refractivity contribution is -0.137. The average Bonchev–Trinajstić information content (AvgIpc) is 2.57. The van der Waals surface area contributed by atoms with Gasteiger partial charge in [-0.25, -0.2) is 0 Å². The molecule has 0 radical (unpaired) electrons. The Morgan fingerprint density at radius 3 is 1.88 bits per heavy atom. The fourth-order valence-electron chi connectivity index (χ4n) is 3.17. The third-order valence-electron chi connectivity index (χ3n) is 4.77. The Bertz CT molecular complexity index is 291. The van der Waals surface area contributed by atoms with Crippen molar-refractivity contribution in [2.45, 2.75) is 103 Å². The maximum atomic E-state index is 10.4. The largest absolute Gasteiger partial charge is 0.481 e. The number of aliphatic carboxylic acids is 1. The number of unbranched alkanes of at least 4 members (excludes halogenated alkanes) is 9. The quantitative estimate of drug-likeness (QED) is 0.240. The highest BCUT2D eigenvalue weighted by atomic mass is 16.5. The van der Waals surface area contributed by atoms with Gasteiger partial charge in [-0.3, -0.25) is 9.59 Å². The van der Waals surface area contributed by atoms with Crippen LogP contribution in [0.5, 0.6) is 0 Å². The van der Waals surface area contributed by atoms with E-state index in [9.17, 15) is 9.59 Å². The summed E-state index contributed by atoms with van der Waals surface area (Å²) in [6.45, 7) is 3.39. The van der Waals surface area contributed by atoms with Crippen molar-refractivity contribution in [3.8, 4) is 0 Å². The number of ether oxygens (including phenoxy) is 1. The summed E-state index contributed by atoms with van der Waals surface area (Å²) >= 11 is 0. The summed E-state index contributed by atoms with van der Waals surface area (Å²) < 4.78 is 4.70. The van der Waals surface area contributed by atoms with Crippen LogP contribution in [0.4, 0.5) is 0 Å². The first-order chi connectivity index (χ1) is 11.7. The number of hydrogen-bond acceptors (Lipinski definition) is 3. The number of carboxylic acids is 1. The van der Waals surface area contributed by atoms with Crippen LogP contribution >= 0.6 is 0 Å². The molecule has 1 atom stereocenters. The summed E-state index contributed by atoms with van der Waals surface area (Å²) in [5.74, 6) is 0.183. The summed E-state index contributed by atoms with van der Waals surface area (Å²) in [5.41, 5.74) is 0. The van der Waals surface area contributed by atoms with E-state index in [4.69, 9.17) is 9.84 Å². The molecule has 0 spiro atoms. The van der Waals surface area contributed by atoms with E-state index in [0.717, 1.165) is 31.6 Å². The van der Waals surface area contributed by atoms with Crippen LogP contribution in [0.2, 0.25) is 0 Å². The Balaban J connectivity index is 3.31. The molecular formula is C20H38O4. The minimum atomic E-state index is -0.672. The molecule has 142 valence electrons. The lowest BCUT2D eigenvalue weighted by Crippen LogP contribution is -2.00.